The van der Waals surface area contributed by atoms with Gasteiger partial charge in [-0.25, -0.2) is 0 Å². The minimum atomic E-state index is 0.389. The van der Waals surface area contributed by atoms with E-state index in [1.165, 1.54) is 0 Å². The fraction of sp³-hybridized carbons (Fsp3) is 0.417. The van der Waals surface area contributed by atoms with E-state index in [2.05, 4.69) is 0 Å². The first-order valence-corrected chi connectivity index (χ1v) is 5.61. The Labute approximate surface area is 100 Å². The second-order valence-electron chi connectivity index (χ2n) is 3.23. The molecule has 0 radical (unpaired) electrons. The van der Waals surface area contributed by atoms with E-state index in [9.17, 15) is 4.79 Å². The molecule has 0 aliphatic rings. The highest BCUT2D eigenvalue weighted by Gasteiger charge is 2.06. The van der Waals surface area contributed by atoms with Crippen LogP contribution in [0, 0.1) is 0 Å². The summed E-state index contributed by atoms with van der Waals surface area (Å²) in [5.41, 5.74) is 0.389. The fourth-order valence-corrected chi connectivity index (χ4v) is 1.42. The summed E-state index contributed by atoms with van der Waals surface area (Å²) in [5, 5.41) is 0.405. The number of hydrogen-bond acceptors (Lipinski definition) is 3. The van der Waals surface area contributed by atoms with Gasteiger partial charge in [-0.2, -0.15) is 0 Å². The molecule has 3 nitrogen and oxygen atoms in total. The van der Waals surface area contributed by atoms with Crippen LogP contribution < -0.4 is 4.74 Å². The van der Waals surface area contributed by atoms with Crippen molar-refractivity contribution in [3.05, 3.63) is 28.8 Å². The number of carbonyl (C=O) groups is 1. The Morgan fingerprint density at radius 1 is 1.31 bits per heavy atom. The summed E-state index contributed by atoms with van der Waals surface area (Å²) >= 11 is 5.85. The first-order chi connectivity index (χ1) is 7.79. The lowest BCUT2D eigenvalue weighted by Crippen LogP contribution is -2.08. The Bertz CT molecular complexity index is 339. The van der Waals surface area contributed by atoms with Crippen molar-refractivity contribution in [3.63, 3.8) is 0 Å². The lowest BCUT2D eigenvalue weighted by molar-refractivity contribution is 0.0992. The van der Waals surface area contributed by atoms with Gasteiger partial charge >= 0.3 is 0 Å². The Balaban J connectivity index is 2.47. The van der Waals surface area contributed by atoms with Crippen molar-refractivity contribution in [1.82, 2.24) is 0 Å². The number of hydrogen-bond donors (Lipinski definition) is 0. The lowest BCUT2D eigenvalue weighted by Gasteiger charge is -2.09. The number of rotatable bonds is 7. The average molecular weight is 243 g/mol. The quantitative estimate of drug-likeness (QED) is 0.545. The molecular formula is C12H15ClO3. The van der Waals surface area contributed by atoms with Crippen molar-refractivity contribution in [1.29, 1.82) is 0 Å². The zero-order valence-corrected chi connectivity index (χ0v) is 10.00. The van der Waals surface area contributed by atoms with Gasteiger partial charge in [0.1, 0.15) is 12.4 Å². The van der Waals surface area contributed by atoms with Gasteiger partial charge in [0.05, 0.1) is 17.2 Å². The second-order valence-corrected chi connectivity index (χ2v) is 3.64. The standard InChI is InChI=1S/C12H15ClO3/c1-2-6-15-7-8-16-12-5-3-4-11(13)10(12)9-14/h3-5,9H,2,6-8H2,1H3. The molecule has 1 rings (SSSR count). The topological polar surface area (TPSA) is 35.5 Å². The molecule has 0 aliphatic carbocycles. The predicted octanol–water partition coefficient (Wildman–Crippen LogP) is 2.96. The van der Waals surface area contributed by atoms with Gasteiger partial charge in [-0.1, -0.05) is 24.6 Å². The molecule has 0 amide bonds. The Morgan fingerprint density at radius 3 is 2.81 bits per heavy atom. The van der Waals surface area contributed by atoms with Crippen molar-refractivity contribution in [2.24, 2.45) is 0 Å². The van der Waals surface area contributed by atoms with Crippen molar-refractivity contribution in [2.75, 3.05) is 19.8 Å². The van der Waals surface area contributed by atoms with Crippen LogP contribution in [0.1, 0.15) is 23.7 Å². The number of carbonyl (C=O) groups excluding carboxylic acids is 1. The zero-order chi connectivity index (χ0) is 11.8. The van der Waals surface area contributed by atoms with E-state index < -0.39 is 0 Å². The zero-order valence-electron chi connectivity index (χ0n) is 9.24. The molecule has 0 fully saturated rings. The first-order valence-electron chi connectivity index (χ1n) is 5.23. The van der Waals surface area contributed by atoms with Gasteiger partial charge in [-0.05, 0) is 18.6 Å². The van der Waals surface area contributed by atoms with Gasteiger partial charge in [0.15, 0.2) is 6.29 Å². The first kappa shape index (κ1) is 13.0. The predicted molar refractivity (Wildman–Crippen MR) is 63.4 cm³/mol. The van der Waals surface area contributed by atoms with Crippen molar-refractivity contribution >= 4 is 17.9 Å². The summed E-state index contributed by atoms with van der Waals surface area (Å²) in [7, 11) is 0. The van der Waals surface area contributed by atoms with Crippen LogP contribution >= 0.6 is 11.6 Å². The SMILES string of the molecule is CCCOCCOc1cccc(Cl)c1C=O. The molecule has 88 valence electrons. The van der Waals surface area contributed by atoms with Gasteiger partial charge in [-0.3, -0.25) is 4.79 Å². The van der Waals surface area contributed by atoms with E-state index in [0.29, 0.717) is 35.8 Å². The molecule has 0 bridgehead atoms. The second kappa shape index (κ2) is 7.25. The van der Waals surface area contributed by atoms with E-state index >= 15 is 0 Å². The molecule has 16 heavy (non-hydrogen) atoms. The molecule has 1 aromatic carbocycles. The van der Waals surface area contributed by atoms with Gasteiger partial charge in [-0.15, -0.1) is 0 Å². The summed E-state index contributed by atoms with van der Waals surface area (Å²) < 4.78 is 10.7. The van der Waals surface area contributed by atoms with Crippen LogP contribution in [0.15, 0.2) is 18.2 Å². The third kappa shape index (κ3) is 3.83. The van der Waals surface area contributed by atoms with Gasteiger partial charge in [0, 0.05) is 6.61 Å². The van der Waals surface area contributed by atoms with Crippen LogP contribution in [-0.4, -0.2) is 26.1 Å². The highest BCUT2D eigenvalue weighted by atomic mass is 35.5. The average Bonchev–Trinajstić information content (AvgIpc) is 2.29. The molecule has 4 heteroatoms. The van der Waals surface area contributed by atoms with Crippen LogP contribution in [-0.2, 0) is 4.74 Å². The number of aldehydes is 1. The normalized spacial score (nSPS) is 10.1. The molecular weight excluding hydrogens is 228 g/mol. The molecule has 1 aromatic rings. The molecule has 0 N–H and O–H groups in total. The molecule has 0 unspecified atom stereocenters. The van der Waals surface area contributed by atoms with E-state index in [1.807, 2.05) is 6.92 Å². The van der Waals surface area contributed by atoms with Crippen LogP contribution in [0.3, 0.4) is 0 Å². The maximum atomic E-state index is 10.8. The third-order valence-corrected chi connectivity index (χ3v) is 2.29. The van der Waals surface area contributed by atoms with Gasteiger partial charge in [0.25, 0.3) is 0 Å². The van der Waals surface area contributed by atoms with E-state index in [-0.39, 0.29) is 0 Å². The minimum absolute atomic E-state index is 0.389. The summed E-state index contributed by atoms with van der Waals surface area (Å²) in [6, 6.07) is 5.12. The fourth-order valence-electron chi connectivity index (χ4n) is 1.21. The van der Waals surface area contributed by atoms with E-state index in [1.54, 1.807) is 18.2 Å². The van der Waals surface area contributed by atoms with Crippen molar-refractivity contribution in [2.45, 2.75) is 13.3 Å². The Hall–Kier alpha value is -1.06. The van der Waals surface area contributed by atoms with E-state index in [4.69, 9.17) is 21.1 Å². The maximum absolute atomic E-state index is 10.8. The Kier molecular flexibility index (Phi) is 5.90. The molecule has 0 heterocycles. The highest BCUT2D eigenvalue weighted by molar-refractivity contribution is 6.33. The van der Waals surface area contributed by atoms with Gasteiger partial charge < -0.3 is 9.47 Å². The number of benzene rings is 1. The van der Waals surface area contributed by atoms with Gasteiger partial charge in [0.2, 0.25) is 0 Å². The summed E-state index contributed by atoms with van der Waals surface area (Å²) in [6.07, 6.45) is 1.68. The summed E-state index contributed by atoms with van der Waals surface area (Å²) in [6.45, 7) is 3.70. The maximum Gasteiger partial charge on any atom is 0.155 e. The third-order valence-electron chi connectivity index (χ3n) is 1.96. The number of halogens is 1. The highest BCUT2D eigenvalue weighted by Crippen LogP contribution is 2.24. The summed E-state index contributed by atoms with van der Waals surface area (Å²) in [4.78, 5) is 10.8. The molecule has 0 saturated carbocycles. The molecule has 0 saturated heterocycles. The van der Waals surface area contributed by atoms with Crippen molar-refractivity contribution < 1.29 is 14.3 Å². The van der Waals surface area contributed by atoms with Crippen LogP contribution in [0.25, 0.3) is 0 Å². The smallest absolute Gasteiger partial charge is 0.155 e. The molecule has 0 spiro atoms. The van der Waals surface area contributed by atoms with Crippen LogP contribution in [0.5, 0.6) is 5.75 Å². The van der Waals surface area contributed by atoms with Crippen molar-refractivity contribution in [3.8, 4) is 5.75 Å². The number of ether oxygens (including phenoxy) is 2. The largest absolute Gasteiger partial charge is 0.490 e. The Morgan fingerprint density at radius 2 is 2.12 bits per heavy atom. The monoisotopic (exact) mass is 242 g/mol. The molecule has 0 aliphatic heterocycles. The molecule has 0 atom stereocenters. The molecule has 0 aromatic heterocycles. The minimum Gasteiger partial charge on any atom is -0.490 e. The van der Waals surface area contributed by atoms with Crippen LogP contribution in [0.4, 0.5) is 0 Å². The van der Waals surface area contributed by atoms with Crippen LogP contribution in [0.2, 0.25) is 5.02 Å². The lowest BCUT2D eigenvalue weighted by atomic mass is 10.2. The summed E-state index contributed by atoms with van der Waals surface area (Å²) in [5.74, 6) is 0.502. The van der Waals surface area contributed by atoms with E-state index in [0.717, 1.165) is 13.0 Å².